The summed E-state index contributed by atoms with van der Waals surface area (Å²) in [5.74, 6) is 3.77. The Kier molecular flexibility index (Phi) is 4.82. The summed E-state index contributed by atoms with van der Waals surface area (Å²) in [5, 5.41) is 0. The van der Waals surface area contributed by atoms with Crippen LogP contribution in [0.15, 0.2) is 36.4 Å². The van der Waals surface area contributed by atoms with Crippen LogP contribution in [0.25, 0.3) is 0 Å². The molecule has 0 radical (unpaired) electrons. The van der Waals surface area contributed by atoms with Gasteiger partial charge >= 0.3 is 0 Å². The molecular weight excluding hydrogens is 281 g/mol. The van der Waals surface area contributed by atoms with E-state index in [4.69, 9.17) is 10.6 Å². The Labute approximate surface area is 120 Å². The first-order chi connectivity index (χ1) is 10.0. The molecule has 2 aromatic rings. The monoisotopic (exact) mass is 296 g/mol. The minimum Gasteiger partial charge on any atom is -0.494 e. The van der Waals surface area contributed by atoms with Crippen LogP contribution in [0.2, 0.25) is 0 Å². The van der Waals surface area contributed by atoms with Crippen LogP contribution in [0.1, 0.15) is 17.2 Å². The van der Waals surface area contributed by atoms with Crippen LogP contribution in [-0.2, 0) is 6.42 Å². The van der Waals surface area contributed by atoms with Crippen molar-refractivity contribution in [2.75, 3.05) is 7.11 Å². The molecule has 0 spiro atoms. The summed E-state index contributed by atoms with van der Waals surface area (Å²) in [5.41, 5.74) is 3.49. The maximum Gasteiger partial charge on any atom is 0.165 e. The van der Waals surface area contributed by atoms with Crippen LogP contribution in [0.4, 0.5) is 13.2 Å². The zero-order valence-electron chi connectivity index (χ0n) is 11.4. The smallest absolute Gasteiger partial charge is 0.165 e. The number of ether oxygens (including phenoxy) is 1. The number of halogens is 3. The van der Waals surface area contributed by atoms with Gasteiger partial charge in [-0.1, -0.05) is 12.1 Å². The zero-order chi connectivity index (χ0) is 15.4. The molecule has 2 rings (SSSR count). The van der Waals surface area contributed by atoms with Crippen LogP contribution >= 0.6 is 0 Å². The van der Waals surface area contributed by atoms with Gasteiger partial charge in [0, 0.05) is 6.07 Å². The van der Waals surface area contributed by atoms with Crippen LogP contribution in [0.5, 0.6) is 5.75 Å². The van der Waals surface area contributed by atoms with Crippen molar-refractivity contribution in [3.8, 4) is 5.75 Å². The SMILES string of the molecule is COc1cc(C(Cc2ccc(F)cc2F)NN)ccc1F. The largest absolute Gasteiger partial charge is 0.494 e. The van der Waals surface area contributed by atoms with Crippen molar-refractivity contribution >= 4 is 0 Å². The number of hydrazine groups is 1. The fourth-order valence-corrected chi connectivity index (χ4v) is 2.07. The van der Waals surface area contributed by atoms with E-state index >= 15 is 0 Å². The molecule has 0 heterocycles. The molecule has 3 N–H and O–H groups in total. The van der Waals surface area contributed by atoms with Crippen molar-refractivity contribution in [2.24, 2.45) is 5.84 Å². The molecule has 0 saturated heterocycles. The first-order valence-electron chi connectivity index (χ1n) is 6.28. The molecule has 0 aliphatic heterocycles. The Hall–Kier alpha value is -2.05. The summed E-state index contributed by atoms with van der Waals surface area (Å²) >= 11 is 0. The number of hydrogen-bond acceptors (Lipinski definition) is 3. The molecule has 0 bridgehead atoms. The highest BCUT2D eigenvalue weighted by molar-refractivity contribution is 5.33. The van der Waals surface area contributed by atoms with Crippen molar-refractivity contribution in [2.45, 2.75) is 12.5 Å². The average molecular weight is 296 g/mol. The van der Waals surface area contributed by atoms with Crippen LogP contribution in [0.3, 0.4) is 0 Å². The molecule has 112 valence electrons. The molecule has 6 heteroatoms. The summed E-state index contributed by atoms with van der Waals surface area (Å²) in [6, 6.07) is 7.16. The highest BCUT2D eigenvalue weighted by atomic mass is 19.1. The fraction of sp³-hybridized carbons (Fsp3) is 0.200. The molecule has 0 amide bonds. The van der Waals surface area contributed by atoms with E-state index in [1.165, 1.54) is 37.4 Å². The Morgan fingerprint density at radius 2 is 1.86 bits per heavy atom. The van der Waals surface area contributed by atoms with Gasteiger partial charge in [-0.05, 0) is 35.7 Å². The Morgan fingerprint density at radius 1 is 1.10 bits per heavy atom. The van der Waals surface area contributed by atoms with E-state index in [-0.39, 0.29) is 12.2 Å². The van der Waals surface area contributed by atoms with E-state index in [1.54, 1.807) is 0 Å². The zero-order valence-corrected chi connectivity index (χ0v) is 11.4. The van der Waals surface area contributed by atoms with Gasteiger partial charge in [0.1, 0.15) is 11.6 Å². The first kappa shape index (κ1) is 15.3. The number of hydrogen-bond donors (Lipinski definition) is 2. The molecule has 0 saturated carbocycles. The lowest BCUT2D eigenvalue weighted by Crippen LogP contribution is -2.29. The minimum atomic E-state index is -0.649. The summed E-state index contributed by atoms with van der Waals surface area (Å²) in [6.07, 6.45) is 0.192. The van der Waals surface area contributed by atoms with Gasteiger partial charge in [-0.15, -0.1) is 0 Å². The lowest BCUT2D eigenvalue weighted by Gasteiger charge is -2.18. The average Bonchev–Trinajstić information content (AvgIpc) is 2.47. The number of benzene rings is 2. The van der Waals surface area contributed by atoms with Crippen molar-refractivity contribution in [1.29, 1.82) is 0 Å². The van der Waals surface area contributed by atoms with E-state index in [2.05, 4.69) is 5.43 Å². The lowest BCUT2D eigenvalue weighted by molar-refractivity contribution is 0.384. The van der Waals surface area contributed by atoms with E-state index < -0.39 is 23.5 Å². The van der Waals surface area contributed by atoms with E-state index in [1.807, 2.05) is 0 Å². The molecule has 1 unspecified atom stereocenters. The van der Waals surface area contributed by atoms with Gasteiger partial charge in [0.2, 0.25) is 0 Å². The van der Waals surface area contributed by atoms with Gasteiger partial charge in [0.15, 0.2) is 11.6 Å². The third-order valence-corrected chi connectivity index (χ3v) is 3.22. The highest BCUT2D eigenvalue weighted by Gasteiger charge is 2.16. The third kappa shape index (κ3) is 3.53. The second kappa shape index (κ2) is 6.60. The third-order valence-electron chi connectivity index (χ3n) is 3.22. The first-order valence-corrected chi connectivity index (χ1v) is 6.28. The van der Waals surface area contributed by atoms with Gasteiger partial charge in [-0.2, -0.15) is 0 Å². The summed E-state index contributed by atoms with van der Waals surface area (Å²) < 4.78 is 44.9. The molecule has 2 aromatic carbocycles. The Balaban J connectivity index is 2.27. The van der Waals surface area contributed by atoms with Gasteiger partial charge in [0.05, 0.1) is 13.2 Å². The van der Waals surface area contributed by atoms with Gasteiger partial charge in [-0.3, -0.25) is 11.3 Å². The van der Waals surface area contributed by atoms with Crippen molar-refractivity contribution in [3.05, 3.63) is 65.0 Å². The maximum atomic E-state index is 13.7. The topological polar surface area (TPSA) is 47.3 Å². The quantitative estimate of drug-likeness (QED) is 0.659. The number of nitrogens with two attached hydrogens (primary N) is 1. The summed E-state index contributed by atoms with van der Waals surface area (Å²) in [7, 11) is 1.35. The Morgan fingerprint density at radius 3 is 2.48 bits per heavy atom. The normalized spacial score (nSPS) is 12.2. The van der Waals surface area contributed by atoms with E-state index in [9.17, 15) is 13.2 Å². The Bertz CT molecular complexity index is 634. The summed E-state index contributed by atoms with van der Waals surface area (Å²) in [6.45, 7) is 0. The number of methoxy groups -OCH3 is 1. The minimum absolute atomic E-state index is 0.0762. The standard InChI is InChI=1S/C15H15F3N2O/c1-21-15-7-10(3-5-12(15)17)14(20-19)6-9-2-4-11(16)8-13(9)18/h2-5,7-8,14,20H,6,19H2,1H3. The molecule has 0 aliphatic rings. The van der Waals surface area contributed by atoms with Crippen molar-refractivity contribution < 1.29 is 17.9 Å². The van der Waals surface area contributed by atoms with Gasteiger partial charge < -0.3 is 4.74 Å². The second-order valence-corrected chi connectivity index (χ2v) is 4.55. The van der Waals surface area contributed by atoms with Gasteiger partial charge in [0.25, 0.3) is 0 Å². The molecule has 3 nitrogen and oxygen atoms in total. The molecule has 21 heavy (non-hydrogen) atoms. The van der Waals surface area contributed by atoms with E-state index in [0.717, 1.165) is 6.07 Å². The van der Waals surface area contributed by atoms with Crippen LogP contribution in [0, 0.1) is 17.5 Å². The molecule has 0 fully saturated rings. The second-order valence-electron chi connectivity index (χ2n) is 4.55. The molecule has 0 aromatic heterocycles. The number of nitrogens with one attached hydrogen (secondary N) is 1. The van der Waals surface area contributed by atoms with E-state index in [0.29, 0.717) is 11.1 Å². The molecule has 0 aliphatic carbocycles. The van der Waals surface area contributed by atoms with Crippen molar-refractivity contribution in [1.82, 2.24) is 5.43 Å². The predicted octanol–water partition coefficient (Wildman–Crippen LogP) is 2.86. The number of rotatable bonds is 5. The molecule has 1 atom stereocenters. The summed E-state index contributed by atoms with van der Waals surface area (Å²) in [4.78, 5) is 0. The predicted molar refractivity (Wildman–Crippen MR) is 73.1 cm³/mol. The van der Waals surface area contributed by atoms with Crippen LogP contribution < -0.4 is 16.0 Å². The highest BCUT2D eigenvalue weighted by Crippen LogP contribution is 2.25. The van der Waals surface area contributed by atoms with Crippen LogP contribution in [-0.4, -0.2) is 7.11 Å². The fourth-order valence-electron chi connectivity index (χ4n) is 2.07. The maximum absolute atomic E-state index is 13.7. The molecular formula is C15H15F3N2O. The van der Waals surface area contributed by atoms with Crippen molar-refractivity contribution in [3.63, 3.8) is 0 Å². The van der Waals surface area contributed by atoms with Gasteiger partial charge in [-0.25, -0.2) is 13.2 Å². The lowest BCUT2D eigenvalue weighted by atomic mass is 9.98.